The number of anilines is 1. The molecular formula is C12H9N5O. The van der Waals surface area contributed by atoms with Gasteiger partial charge in [0.25, 0.3) is 0 Å². The lowest BCUT2D eigenvalue weighted by molar-refractivity contribution is 0.433. The van der Waals surface area contributed by atoms with Crippen molar-refractivity contribution in [2.45, 2.75) is 0 Å². The van der Waals surface area contributed by atoms with Gasteiger partial charge < -0.3 is 10.3 Å². The molecule has 0 aromatic carbocycles. The molecular weight excluding hydrogens is 230 g/mol. The minimum absolute atomic E-state index is 0.309. The molecule has 0 spiro atoms. The first-order valence-electron chi connectivity index (χ1n) is 5.29. The van der Waals surface area contributed by atoms with Crippen molar-refractivity contribution in [1.82, 2.24) is 20.1 Å². The molecule has 3 aromatic rings. The second-order valence-corrected chi connectivity index (χ2v) is 3.58. The monoisotopic (exact) mass is 239 g/mol. The van der Waals surface area contributed by atoms with E-state index in [1.165, 1.54) is 0 Å². The second-order valence-electron chi connectivity index (χ2n) is 3.58. The van der Waals surface area contributed by atoms with Crippen LogP contribution in [0.2, 0.25) is 0 Å². The number of nitrogen functional groups attached to an aromatic ring is 1. The molecule has 0 atom stereocenters. The molecule has 0 fully saturated rings. The zero-order chi connectivity index (χ0) is 12.4. The van der Waals surface area contributed by atoms with Crippen LogP contribution in [0.25, 0.3) is 22.7 Å². The van der Waals surface area contributed by atoms with Gasteiger partial charge in [-0.15, -0.1) is 0 Å². The van der Waals surface area contributed by atoms with Crippen LogP contribution < -0.4 is 5.73 Å². The maximum absolute atomic E-state index is 5.83. The van der Waals surface area contributed by atoms with Gasteiger partial charge in [0.05, 0.1) is 5.56 Å². The topological polar surface area (TPSA) is 90.7 Å². The van der Waals surface area contributed by atoms with E-state index in [1.54, 1.807) is 30.9 Å². The molecule has 0 radical (unpaired) electrons. The van der Waals surface area contributed by atoms with E-state index in [9.17, 15) is 0 Å². The highest BCUT2D eigenvalue weighted by Gasteiger charge is 2.19. The summed E-state index contributed by atoms with van der Waals surface area (Å²) in [6.07, 6.45) is 6.63. The summed E-state index contributed by atoms with van der Waals surface area (Å²) < 4.78 is 5.22. The third-order valence-corrected chi connectivity index (χ3v) is 2.46. The van der Waals surface area contributed by atoms with Crippen LogP contribution in [0.1, 0.15) is 0 Å². The molecule has 0 bridgehead atoms. The lowest BCUT2D eigenvalue weighted by Gasteiger charge is -2.00. The summed E-state index contributed by atoms with van der Waals surface area (Å²) in [5.41, 5.74) is 7.38. The maximum Gasteiger partial charge on any atom is 0.214 e. The summed E-state index contributed by atoms with van der Waals surface area (Å²) in [7, 11) is 0. The highest BCUT2D eigenvalue weighted by molar-refractivity contribution is 5.84. The molecule has 3 rings (SSSR count). The SMILES string of the molecule is Nc1noc(-c2ncccn2)c1-c1ccncc1. The number of nitrogens with two attached hydrogens (primary N) is 1. The predicted molar refractivity (Wildman–Crippen MR) is 65.2 cm³/mol. The molecule has 0 aliphatic rings. The van der Waals surface area contributed by atoms with Gasteiger partial charge in [-0.1, -0.05) is 5.16 Å². The summed E-state index contributed by atoms with van der Waals surface area (Å²) in [4.78, 5) is 12.2. The third-order valence-electron chi connectivity index (χ3n) is 2.46. The summed E-state index contributed by atoms with van der Waals surface area (Å²) in [6, 6.07) is 5.39. The highest BCUT2D eigenvalue weighted by atomic mass is 16.5. The Morgan fingerprint density at radius 2 is 1.72 bits per heavy atom. The van der Waals surface area contributed by atoms with E-state index in [0.29, 0.717) is 23.0 Å². The van der Waals surface area contributed by atoms with Gasteiger partial charge in [-0.2, -0.15) is 0 Å². The third kappa shape index (κ3) is 1.69. The van der Waals surface area contributed by atoms with Gasteiger partial charge in [0.2, 0.25) is 5.76 Å². The number of aromatic nitrogens is 4. The standard InChI is InChI=1S/C12H9N5O/c13-11-9(8-2-6-14-7-3-8)10(18-17-11)12-15-4-1-5-16-12/h1-7H,(H2,13,17). The molecule has 0 aliphatic heterocycles. The molecule has 2 N–H and O–H groups in total. The van der Waals surface area contributed by atoms with Gasteiger partial charge in [-0.3, -0.25) is 4.98 Å². The zero-order valence-corrected chi connectivity index (χ0v) is 9.32. The van der Waals surface area contributed by atoms with Crippen LogP contribution in [0.5, 0.6) is 0 Å². The molecule has 6 heteroatoms. The van der Waals surface area contributed by atoms with Crippen molar-refractivity contribution in [2.75, 3.05) is 5.73 Å². The van der Waals surface area contributed by atoms with Crippen molar-refractivity contribution in [1.29, 1.82) is 0 Å². The minimum Gasteiger partial charge on any atom is -0.380 e. The fourth-order valence-corrected chi connectivity index (χ4v) is 1.67. The van der Waals surface area contributed by atoms with E-state index in [2.05, 4.69) is 20.1 Å². The fraction of sp³-hybridized carbons (Fsp3) is 0. The maximum atomic E-state index is 5.83. The lowest BCUT2D eigenvalue weighted by atomic mass is 10.1. The van der Waals surface area contributed by atoms with E-state index in [-0.39, 0.29) is 0 Å². The summed E-state index contributed by atoms with van der Waals surface area (Å²) in [5.74, 6) is 1.22. The van der Waals surface area contributed by atoms with E-state index in [4.69, 9.17) is 10.3 Å². The molecule has 0 saturated heterocycles. The Bertz CT molecular complexity index is 651. The Balaban J connectivity index is 2.19. The highest BCUT2D eigenvalue weighted by Crippen LogP contribution is 2.34. The van der Waals surface area contributed by atoms with Crippen LogP contribution in [-0.4, -0.2) is 20.1 Å². The van der Waals surface area contributed by atoms with Crippen molar-refractivity contribution < 1.29 is 4.52 Å². The first-order chi connectivity index (χ1) is 8.86. The molecule has 3 heterocycles. The van der Waals surface area contributed by atoms with Crippen LogP contribution >= 0.6 is 0 Å². The van der Waals surface area contributed by atoms with Crippen molar-refractivity contribution in [3.05, 3.63) is 43.0 Å². The van der Waals surface area contributed by atoms with Gasteiger partial charge in [0, 0.05) is 24.8 Å². The van der Waals surface area contributed by atoms with Gasteiger partial charge in [0.15, 0.2) is 11.6 Å². The van der Waals surface area contributed by atoms with Crippen LogP contribution in [0.4, 0.5) is 5.82 Å². The second kappa shape index (κ2) is 4.25. The molecule has 0 unspecified atom stereocenters. The lowest BCUT2D eigenvalue weighted by Crippen LogP contribution is -1.91. The Labute approximate surface area is 103 Å². The normalized spacial score (nSPS) is 10.4. The fourth-order valence-electron chi connectivity index (χ4n) is 1.67. The van der Waals surface area contributed by atoms with Gasteiger partial charge >= 0.3 is 0 Å². The van der Waals surface area contributed by atoms with Crippen LogP contribution in [0, 0.1) is 0 Å². The molecule has 88 valence electrons. The van der Waals surface area contributed by atoms with Crippen molar-refractivity contribution >= 4 is 5.82 Å². The minimum atomic E-state index is 0.309. The molecule has 18 heavy (non-hydrogen) atoms. The number of hydrogen-bond donors (Lipinski definition) is 1. The molecule has 3 aromatic heterocycles. The van der Waals surface area contributed by atoms with Crippen LogP contribution in [-0.2, 0) is 0 Å². The van der Waals surface area contributed by atoms with E-state index < -0.39 is 0 Å². The number of pyridine rings is 1. The zero-order valence-electron chi connectivity index (χ0n) is 9.32. The van der Waals surface area contributed by atoms with Crippen molar-refractivity contribution in [3.63, 3.8) is 0 Å². The first-order valence-corrected chi connectivity index (χ1v) is 5.29. The van der Waals surface area contributed by atoms with Gasteiger partial charge in [-0.25, -0.2) is 9.97 Å². The molecule has 6 nitrogen and oxygen atoms in total. The Morgan fingerprint density at radius 3 is 2.44 bits per heavy atom. The number of hydrogen-bond acceptors (Lipinski definition) is 6. The van der Waals surface area contributed by atoms with E-state index in [1.807, 2.05) is 12.1 Å². The number of rotatable bonds is 2. The summed E-state index contributed by atoms with van der Waals surface area (Å²) >= 11 is 0. The average Bonchev–Trinajstić information content (AvgIpc) is 2.83. The molecule has 0 amide bonds. The van der Waals surface area contributed by atoms with E-state index >= 15 is 0 Å². The Kier molecular flexibility index (Phi) is 2.45. The molecule has 0 aliphatic carbocycles. The Morgan fingerprint density at radius 1 is 1.00 bits per heavy atom. The van der Waals surface area contributed by atoms with Crippen molar-refractivity contribution in [3.8, 4) is 22.7 Å². The first kappa shape index (κ1) is 10.4. The smallest absolute Gasteiger partial charge is 0.214 e. The van der Waals surface area contributed by atoms with Gasteiger partial charge in [-0.05, 0) is 23.8 Å². The van der Waals surface area contributed by atoms with Crippen molar-refractivity contribution in [2.24, 2.45) is 0 Å². The van der Waals surface area contributed by atoms with Crippen LogP contribution in [0.3, 0.4) is 0 Å². The predicted octanol–water partition coefficient (Wildman–Crippen LogP) is 1.78. The Hall–Kier alpha value is -2.76. The van der Waals surface area contributed by atoms with Gasteiger partial charge in [0.1, 0.15) is 0 Å². The molecule has 0 saturated carbocycles. The van der Waals surface area contributed by atoms with Crippen LogP contribution in [0.15, 0.2) is 47.5 Å². The largest absolute Gasteiger partial charge is 0.380 e. The summed E-state index contributed by atoms with van der Waals surface area (Å²) in [5, 5.41) is 3.77. The summed E-state index contributed by atoms with van der Waals surface area (Å²) in [6.45, 7) is 0. The quantitative estimate of drug-likeness (QED) is 0.732. The number of nitrogens with zero attached hydrogens (tertiary/aromatic N) is 4. The average molecular weight is 239 g/mol. The van der Waals surface area contributed by atoms with E-state index in [0.717, 1.165) is 5.56 Å².